The number of imidazole rings is 1. The number of hydrogen-bond donors (Lipinski definition) is 2. The molecular formula is C23H19FN4O2S. The minimum absolute atomic E-state index is 0.0543. The molecule has 4 aromatic rings. The highest BCUT2D eigenvalue weighted by molar-refractivity contribution is 7.15. The molecule has 6 nitrogen and oxygen atoms in total. The Bertz CT molecular complexity index is 1260. The van der Waals surface area contributed by atoms with E-state index in [1.807, 2.05) is 16.0 Å². The molecule has 2 aromatic heterocycles. The molecule has 1 fully saturated rings. The number of hydrogen-bond acceptors (Lipinski definition) is 4. The molecule has 0 saturated heterocycles. The van der Waals surface area contributed by atoms with Crippen LogP contribution in [0.4, 0.5) is 15.8 Å². The first-order valence-corrected chi connectivity index (χ1v) is 10.9. The normalized spacial score (nSPS) is 13.3. The monoisotopic (exact) mass is 434 g/mol. The molecule has 2 aromatic carbocycles. The van der Waals surface area contributed by atoms with Crippen molar-refractivity contribution in [2.45, 2.75) is 19.3 Å². The number of aromatic nitrogens is 2. The van der Waals surface area contributed by atoms with Crippen molar-refractivity contribution in [2.75, 3.05) is 10.6 Å². The number of anilines is 2. The lowest BCUT2D eigenvalue weighted by Crippen LogP contribution is -2.16. The lowest BCUT2D eigenvalue weighted by Gasteiger charge is -2.07. The zero-order chi connectivity index (χ0) is 21.4. The van der Waals surface area contributed by atoms with E-state index in [9.17, 15) is 14.0 Å². The maximum absolute atomic E-state index is 13.2. The highest BCUT2D eigenvalue weighted by atomic mass is 32.1. The summed E-state index contributed by atoms with van der Waals surface area (Å²) in [4.78, 5) is 29.7. The first-order valence-electron chi connectivity index (χ1n) is 9.97. The van der Waals surface area contributed by atoms with Crippen molar-refractivity contribution in [3.63, 3.8) is 0 Å². The molecule has 0 atom stereocenters. The Morgan fingerprint density at radius 3 is 2.39 bits per heavy atom. The Kier molecular flexibility index (Phi) is 4.99. The van der Waals surface area contributed by atoms with E-state index in [1.54, 1.807) is 36.4 Å². The Morgan fingerprint density at radius 2 is 1.71 bits per heavy atom. The van der Waals surface area contributed by atoms with Crippen LogP contribution in [-0.2, 0) is 16.0 Å². The second-order valence-electron chi connectivity index (χ2n) is 7.58. The number of benzene rings is 2. The summed E-state index contributed by atoms with van der Waals surface area (Å²) < 4.78 is 15.0. The molecule has 0 spiro atoms. The van der Waals surface area contributed by atoms with Crippen LogP contribution in [0, 0.1) is 11.7 Å². The van der Waals surface area contributed by atoms with Gasteiger partial charge in [-0.15, -0.1) is 11.3 Å². The fourth-order valence-corrected chi connectivity index (χ4v) is 4.19. The Balaban J connectivity index is 1.24. The van der Waals surface area contributed by atoms with Crippen molar-refractivity contribution in [1.29, 1.82) is 0 Å². The van der Waals surface area contributed by atoms with Crippen molar-refractivity contribution in [3.8, 4) is 11.3 Å². The summed E-state index contributed by atoms with van der Waals surface area (Å²) in [6.45, 7) is 0. The van der Waals surface area contributed by atoms with E-state index in [1.165, 1.54) is 23.5 Å². The lowest BCUT2D eigenvalue weighted by molar-refractivity contribution is -0.117. The molecule has 0 radical (unpaired) electrons. The van der Waals surface area contributed by atoms with E-state index in [0.717, 1.165) is 40.4 Å². The quantitative estimate of drug-likeness (QED) is 0.461. The van der Waals surface area contributed by atoms with E-state index in [4.69, 9.17) is 0 Å². The van der Waals surface area contributed by atoms with E-state index in [0.29, 0.717) is 5.69 Å². The molecule has 8 heteroatoms. The number of halogens is 1. The van der Waals surface area contributed by atoms with Crippen LogP contribution in [0.2, 0.25) is 0 Å². The van der Waals surface area contributed by atoms with E-state index in [-0.39, 0.29) is 30.0 Å². The molecule has 2 heterocycles. The maximum Gasteiger partial charge on any atom is 0.230 e. The van der Waals surface area contributed by atoms with Crippen molar-refractivity contribution in [3.05, 3.63) is 71.6 Å². The summed E-state index contributed by atoms with van der Waals surface area (Å²) in [6.07, 6.45) is 3.97. The summed E-state index contributed by atoms with van der Waals surface area (Å²) in [5.41, 5.74) is 3.77. The lowest BCUT2D eigenvalue weighted by atomic mass is 10.2. The van der Waals surface area contributed by atoms with Gasteiger partial charge in [-0.25, -0.2) is 9.37 Å². The van der Waals surface area contributed by atoms with Gasteiger partial charge in [0, 0.05) is 40.1 Å². The van der Waals surface area contributed by atoms with Crippen LogP contribution in [0.3, 0.4) is 0 Å². The zero-order valence-electron chi connectivity index (χ0n) is 16.5. The van der Waals surface area contributed by atoms with Gasteiger partial charge in [0.15, 0.2) is 4.96 Å². The SMILES string of the molecule is O=C(Cc1csc2nc(-c3ccc(F)cc3)cn12)Nc1ccc(NC(=O)C2CC2)cc1. The highest BCUT2D eigenvalue weighted by Crippen LogP contribution is 2.30. The average molecular weight is 434 g/mol. The number of fused-ring (bicyclic) bond motifs is 1. The molecule has 1 saturated carbocycles. The number of amides is 2. The molecule has 0 bridgehead atoms. The van der Waals surface area contributed by atoms with Gasteiger partial charge in [-0.2, -0.15) is 0 Å². The van der Waals surface area contributed by atoms with Gasteiger partial charge < -0.3 is 10.6 Å². The fourth-order valence-electron chi connectivity index (χ4n) is 3.31. The first-order chi connectivity index (χ1) is 15.0. The Morgan fingerprint density at radius 1 is 1.03 bits per heavy atom. The van der Waals surface area contributed by atoms with Gasteiger partial charge in [0.2, 0.25) is 11.8 Å². The van der Waals surface area contributed by atoms with Crippen LogP contribution in [0.25, 0.3) is 16.2 Å². The molecule has 5 rings (SSSR count). The molecule has 0 aliphatic heterocycles. The van der Waals surface area contributed by atoms with E-state index < -0.39 is 0 Å². The van der Waals surface area contributed by atoms with Gasteiger partial charge in [-0.05, 0) is 61.4 Å². The third kappa shape index (κ3) is 4.34. The topological polar surface area (TPSA) is 75.5 Å². The predicted octanol–water partition coefficient (Wildman–Crippen LogP) is 4.73. The van der Waals surface area contributed by atoms with Crippen molar-refractivity contribution in [1.82, 2.24) is 9.38 Å². The highest BCUT2D eigenvalue weighted by Gasteiger charge is 2.29. The van der Waals surface area contributed by atoms with Crippen LogP contribution in [0.1, 0.15) is 18.5 Å². The number of nitrogens with zero attached hydrogens (tertiary/aromatic N) is 2. The Hall–Kier alpha value is -3.52. The second kappa shape index (κ2) is 7.96. The third-order valence-electron chi connectivity index (χ3n) is 5.15. The molecule has 156 valence electrons. The van der Waals surface area contributed by atoms with Crippen LogP contribution in [-0.4, -0.2) is 21.2 Å². The smallest absolute Gasteiger partial charge is 0.230 e. The molecule has 2 N–H and O–H groups in total. The minimum atomic E-state index is -0.291. The van der Waals surface area contributed by atoms with Gasteiger partial charge in [0.25, 0.3) is 0 Å². The fraction of sp³-hybridized carbons (Fsp3) is 0.174. The molecule has 1 aliphatic carbocycles. The van der Waals surface area contributed by atoms with Crippen molar-refractivity contribution in [2.24, 2.45) is 5.92 Å². The molecule has 0 unspecified atom stereocenters. The van der Waals surface area contributed by atoms with Gasteiger partial charge in [-0.1, -0.05) is 0 Å². The van der Waals surface area contributed by atoms with Crippen molar-refractivity contribution >= 4 is 39.5 Å². The summed E-state index contributed by atoms with van der Waals surface area (Å²) in [5.74, 6) is -0.237. The second-order valence-corrected chi connectivity index (χ2v) is 8.42. The molecular weight excluding hydrogens is 415 g/mol. The van der Waals surface area contributed by atoms with Gasteiger partial charge in [0.1, 0.15) is 5.82 Å². The Labute approximate surface area is 181 Å². The molecule has 31 heavy (non-hydrogen) atoms. The number of nitrogens with one attached hydrogen (secondary N) is 2. The van der Waals surface area contributed by atoms with Crippen LogP contribution >= 0.6 is 11.3 Å². The first kappa shape index (κ1) is 19.4. The summed E-state index contributed by atoms with van der Waals surface area (Å²) in [7, 11) is 0. The minimum Gasteiger partial charge on any atom is -0.326 e. The third-order valence-corrected chi connectivity index (χ3v) is 6.04. The maximum atomic E-state index is 13.2. The van der Waals surface area contributed by atoms with Crippen LogP contribution in [0.15, 0.2) is 60.1 Å². The number of carbonyl (C=O) groups excluding carboxylic acids is 2. The van der Waals surface area contributed by atoms with E-state index >= 15 is 0 Å². The zero-order valence-corrected chi connectivity index (χ0v) is 17.3. The van der Waals surface area contributed by atoms with Gasteiger partial charge in [-0.3, -0.25) is 14.0 Å². The summed E-state index contributed by atoms with van der Waals surface area (Å²) in [5, 5.41) is 7.67. The molecule has 2 amide bonds. The van der Waals surface area contributed by atoms with Crippen LogP contribution < -0.4 is 10.6 Å². The molecule has 1 aliphatic rings. The van der Waals surface area contributed by atoms with Crippen molar-refractivity contribution < 1.29 is 14.0 Å². The number of thiazole rings is 1. The van der Waals surface area contributed by atoms with Crippen LogP contribution in [0.5, 0.6) is 0 Å². The van der Waals surface area contributed by atoms with Gasteiger partial charge in [0.05, 0.1) is 12.1 Å². The average Bonchev–Trinajstić information content (AvgIpc) is 3.43. The largest absolute Gasteiger partial charge is 0.326 e. The summed E-state index contributed by atoms with van der Waals surface area (Å²) in [6, 6.07) is 13.3. The standard InChI is InChI=1S/C23H19FN4O2S/c24-16-5-3-14(4-6-16)20-12-28-19(13-31-23(28)27-20)11-21(29)25-17-7-9-18(10-8-17)26-22(30)15-1-2-15/h3-10,12-13,15H,1-2,11H2,(H,25,29)(H,26,30). The van der Waals surface area contributed by atoms with E-state index in [2.05, 4.69) is 15.6 Å². The van der Waals surface area contributed by atoms with Gasteiger partial charge >= 0.3 is 0 Å². The number of carbonyl (C=O) groups is 2. The number of rotatable bonds is 6. The predicted molar refractivity (Wildman–Crippen MR) is 119 cm³/mol. The summed E-state index contributed by atoms with van der Waals surface area (Å²) >= 11 is 1.45.